The zero-order valence-electron chi connectivity index (χ0n) is 20.8. The first-order chi connectivity index (χ1) is 19.1. The van der Waals surface area contributed by atoms with Crippen molar-refractivity contribution in [3.05, 3.63) is 66.5 Å². The first-order valence-corrected chi connectivity index (χ1v) is 11.6. The van der Waals surface area contributed by atoms with Gasteiger partial charge in [0.1, 0.15) is 0 Å². The third-order valence-electron chi connectivity index (χ3n) is 6.12. The second-order valence-electron chi connectivity index (χ2n) is 8.73. The molecule has 2 aromatic heterocycles. The zero-order chi connectivity index (χ0) is 30.4. The van der Waals surface area contributed by atoms with Crippen molar-refractivity contribution in [2.75, 3.05) is 29.4 Å². The number of fused-ring (bicyclic) bond motifs is 2. The van der Waals surface area contributed by atoms with E-state index in [1.54, 1.807) is 12.4 Å². The van der Waals surface area contributed by atoms with Crippen LogP contribution in [-0.4, -0.2) is 74.1 Å². The van der Waals surface area contributed by atoms with Crippen molar-refractivity contribution < 1.29 is 50.5 Å². The van der Waals surface area contributed by atoms with Crippen LogP contribution in [0.5, 0.6) is 0 Å². The Morgan fingerprint density at radius 3 is 1.76 bits per heavy atom. The number of carboxylic acids is 2. The van der Waals surface area contributed by atoms with Gasteiger partial charge in [-0.3, -0.25) is 0 Å². The van der Waals surface area contributed by atoms with Gasteiger partial charge in [0.25, 0.3) is 0 Å². The second kappa shape index (κ2) is 12.3. The molecule has 0 bridgehead atoms. The van der Waals surface area contributed by atoms with Gasteiger partial charge in [-0.1, -0.05) is 18.2 Å². The SMILES string of the molecule is Fc1cnc(N2CCC3(CC2)CN(c2ncccn2)c2ccccc23)nc1.O=C(O)C(F)(F)F.O=C(O)C(F)(F)F. The molecular weight excluding hydrogens is 569 g/mol. The minimum atomic E-state index is -5.08. The summed E-state index contributed by atoms with van der Waals surface area (Å²) in [7, 11) is 0. The number of nitrogens with zero attached hydrogens (tertiary/aromatic N) is 6. The number of alkyl halides is 6. The number of carboxylic acid groups (broad SMARTS) is 2. The summed E-state index contributed by atoms with van der Waals surface area (Å²) in [6, 6.07) is 10.4. The van der Waals surface area contributed by atoms with Crippen molar-refractivity contribution in [2.45, 2.75) is 30.6 Å². The normalized spacial score (nSPS) is 15.7. The molecule has 5 rings (SSSR count). The molecule has 1 spiro atoms. The van der Waals surface area contributed by atoms with Gasteiger partial charge in [-0.05, 0) is 30.5 Å². The van der Waals surface area contributed by atoms with Crippen LogP contribution in [0.1, 0.15) is 18.4 Å². The Morgan fingerprint density at radius 1 is 0.780 bits per heavy atom. The third-order valence-corrected chi connectivity index (χ3v) is 6.12. The maximum Gasteiger partial charge on any atom is 0.490 e. The average Bonchev–Trinajstić information content (AvgIpc) is 3.24. The lowest BCUT2D eigenvalue weighted by Gasteiger charge is -2.39. The van der Waals surface area contributed by atoms with Crippen LogP contribution in [0.2, 0.25) is 0 Å². The lowest BCUT2D eigenvalue weighted by Crippen LogP contribution is -2.45. The van der Waals surface area contributed by atoms with Crippen LogP contribution in [0.25, 0.3) is 0 Å². The summed E-state index contributed by atoms with van der Waals surface area (Å²) in [5, 5.41) is 14.2. The Morgan fingerprint density at radius 2 is 1.27 bits per heavy atom. The Kier molecular flexibility index (Phi) is 9.29. The molecule has 220 valence electrons. The number of hydrogen-bond donors (Lipinski definition) is 2. The lowest BCUT2D eigenvalue weighted by atomic mass is 9.74. The molecule has 0 radical (unpaired) electrons. The van der Waals surface area contributed by atoms with E-state index in [0.29, 0.717) is 5.95 Å². The van der Waals surface area contributed by atoms with Gasteiger partial charge in [0.15, 0.2) is 5.82 Å². The van der Waals surface area contributed by atoms with Crippen LogP contribution in [-0.2, 0) is 15.0 Å². The number of aliphatic carboxylic acids is 2. The maximum atomic E-state index is 13.1. The fourth-order valence-electron chi connectivity index (χ4n) is 4.27. The van der Waals surface area contributed by atoms with Crippen LogP contribution in [0, 0.1) is 5.82 Å². The number of benzene rings is 1. The molecule has 2 aliphatic heterocycles. The molecule has 1 fully saturated rings. The molecule has 0 atom stereocenters. The molecule has 0 amide bonds. The number of hydrogen-bond acceptors (Lipinski definition) is 8. The van der Waals surface area contributed by atoms with Crippen molar-refractivity contribution >= 4 is 29.5 Å². The van der Waals surface area contributed by atoms with Gasteiger partial charge < -0.3 is 20.0 Å². The van der Waals surface area contributed by atoms with E-state index >= 15 is 0 Å². The smallest absolute Gasteiger partial charge is 0.475 e. The molecule has 0 saturated carbocycles. The Bertz CT molecular complexity index is 1310. The van der Waals surface area contributed by atoms with Crippen LogP contribution < -0.4 is 9.80 Å². The lowest BCUT2D eigenvalue weighted by molar-refractivity contribution is -0.193. The molecular formula is C24H21F7N6O4. The molecule has 1 aromatic carbocycles. The van der Waals surface area contributed by atoms with E-state index in [0.717, 1.165) is 38.4 Å². The van der Waals surface area contributed by atoms with Gasteiger partial charge in [-0.15, -0.1) is 0 Å². The summed E-state index contributed by atoms with van der Waals surface area (Å²) < 4.78 is 76.6. The van der Waals surface area contributed by atoms with Crippen molar-refractivity contribution in [1.82, 2.24) is 19.9 Å². The summed E-state index contributed by atoms with van der Waals surface area (Å²) in [4.78, 5) is 39.3. The number of para-hydroxylation sites is 1. The molecule has 0 aliphatic carbocycles. The first kappa shape index (κ1) is 31.0. The predicted octanol–water partition coefficient (Wildman–Crippen LogP) is 4.36. The van der Waals surface area contributed by atoms with Crippen LogP contribution in [0.15, 0.2) is 55.1 Å². The molecule has 4 heterocycles. The zero-order valence-corrected chi connectivity index (χ0v) is 20.8. The summed E-state index contributed by atoms with van der Waals surface area (Å²) in [6.45, 7) is 2.54. The van der Waals surface area contributed by atoms with Gasteiger partial charge in [0.2, 0.25) is 11.9 Å². The van der Waals surface area contributed by atoms with Crippen LogP contribution in [0.4, 0.5) is 48.3 Å². The standard InChI is InChI=1S/C20H19FN6.2C2HF3O2/c21-15-12-24-18(25-13-15)26-10-6-20(7-11-26)14-27(19-22-8-3-9-23-19)17-5-2-1-4-16(17)20;2*3-2(4,5)1(6)7/h1-5,8-9,12-13H,6-7,10-11,14H2;2*(H,6,7). The monoisotopic (exact) mass is 590 g/mol. The fourth-order valence-corrected chi connectivity index (χ4v) is 4.27. The summed E-state index contributed by atoms with van der Waals surface area (Å²) in [6.07, 6.45) is -2.19. The third kappa shape index (κ3) is 7.76. The van der Waals surface area contributed by atoms with Crippen molar-refractivity contribution in [3.8, 4) is 0 Å². The van der Waals surface area contributed by atoms with Crippen molar-refractivity contribution in [1.29, 1.82) is 0 Å². The molecule has 0 unspecified atom stereocenters. The van der Waals surface area contributed by atoms with E-state index in [2.05, 4.69) is 54.0 Å². The van der Waals surface area contributed by atoms with Gasteiger partial charge >= 0.3 is 24.3 Å². The number of rotatable bonds is 2. The molecule has 3 aromatic rings. The largest absolute Gasteiger partial charge is 0.490 e. The summed E-state index contributed by atoms with van der Waals surface area (Å²) in [5.74, 6) is -4.58. The van der Waals surface area contributed by atoms with Gasteiger partial charge in [0, 0.05) is 43.1 Å². The molecule has 2 N–H and O–H groups in total. The number of piperidine rings is 1. The van der Waals surface area contributed by atoms with Gasteiger partial charge in [-0.2, -0.15) is 26.3 Å². The van der Waals surface area contributed by atoms with E-state index in [1.165, 1.54) is 23.6 Å². The first-order valence-electron chi connectivity index (χ1n) is 11.6. The Hall–Kier alpha value is -4.57. The topological polar surface area (TPSA) is 133 Å². The highest BCUT2D eigenvalue weighted by atomic mass is 19.4. The second-order valence-corrected chi connectivity index (χ2v) is 8.73. The maximum absolute atomic E-state index is 13.1. The molecule has 1 saturated heterocycles. The van der Waals surface area contributed by atoms with E-state index in [4.69, 9.17) is 19.8 Å². The van der Waals surface area contributed by atoms with Gasteiger partial charge in [0.05, 0.1) is 12.4 Å². The van der Waals surface area contributed by atoms with E-state index in [-0.39, 0.29) is 5.41 Å². The fraction of sp³-hybridized carbons (Fsp3) is 0.333. The quantitative estimate of drug-likeness (QED) is 0.415. The average molecular weight is 590 g/mol. The van der Waals surface area contributed by atoms with Crippen molar-refractivity contribution in [2.24, 2.45) is 0 Å². The molecule has 17 heteroatoms. The summed E-state index contributed by atoms with van der Waals surface area (Å²) >= 11 is 0. The van der Waals surface area contributed by atoms with Gasteiger partial charge in [-0.25, -0.2) is 33.9 Å². The van der Waals surface area contributed by atoms with E-state index in [9.17, 15) is 30.7 Å². The summed E-state index contributed by atoms with van der Waals surface area (Å²) in [5.41, 5.74) is 2.61. The predicted molar refractivity (Wildman–Crippen MR) is 128 cm³/mol. The number of anilines is 3. The Balaban J connectivity index is 0.000000276. The molecule has 2 aliphatic rings. The highest BCUT2D eigenvalue weighted by Gasteiger charge is 2.46. The molecule has 10 nitrogen and oxygen atoms in total. The Labute approximate surface area is 227 Å². The van der Waals surface area contributed by atoms with Crippen LogP contribution >= 0.6 is 0 Å². The minimum absolute atomic E-state index is 0.0618. The number of carbonyl (C=O) groups is 2. The van der Waals surface area contributed by atoms with E-state index in [1.807, 2.05) is 6.07 Å². The van der Waals surface area contributed by atoms with E-state index < -0.39 is 30.1 Å². The number of halogens is 7. The molecule has 41 heavy (non-hydrogen) atoms. The van der Waals surface area contributed by atoms with Crippen LogP contribution in [0.3, 0.4) is 0 Å². The number of aromatic nitrogens is 4. The highest BCUT2D eigenvalue weighted by molar-refractivity contribution is 5.73. The minimum Gasteiger partial charge on any atom is -0.475 e. The van der Waals surface area contributed by atoms with Crippen molar-refractivity contribution in [3.63, 3.8) is 0 Å². The highest BCUT2D eigenvalue weighted by Crippen LogP contribution is 2.48.